The van der Waals surface area contributed by atoms with Crippen LogP contribution in [0.5, 0.6) is 0 Å². The Hall–Kier alpha value is -1.20. The molecule has 6 heteroatoms. The van der Waals surface area contributed by atoms with Gasteiger partial charge in [-0.25, -0.2) is 0 Å². The molecule has 0 spiro atoms. The summed E-state index contributed by atoms with van der Waals surface area (Å²) < 4.78 is 0. The van der Waals surface area contributed by atoms with Crippen molar-refractivity contribution in [1.29, 1.82) is 0 Å². The first-order valence-corrected chi connectivity index (χ1v) is 8.41. The van der Waals surface area contributed by atoms with E-state index in [1.54, 1.807) is 4.90 Å². The summed E-state index contributed by atoms with van der Waals surface area (Å²) in [6, 6.07) is 7.40. The van der Waals surface area contributed by atoms with Crippen LogP contribution in [0.4, 0.5) is 0 Å². The van der Waals surface area contributed by atoms with Gasteiger partial charge < -0.3 is 10.2 Å². The van der Waals surface area contributed by atoms with E-state index in [1.807, 2.05) is 24.3 Å². The zero-order valence-corrected chi connectivity index (χ0v) is 13.7. The van der Waals surface area contributed by atoms with Gasteiger partial charge in [-0.3, -0.25) is 9.59 Å². The van der Waals surface area contributed by atoms with Gasteiger partial charge in [-0.15, -0.1) is 11.8 Å². The van der Waals surface area contributed by atoms with E-state index in [0.29, 0.717) is 16.7 Å². The first-order valence-electron chi connectivity index (χ1n) is 6.87. The molecule has 1 N–H and O–H groups in total. The highest BCUT2D eigenvalue weighted by Gasteiger charge is 2.25. The van der Waals surface area contributed by atoms with E-state index in [2.05, 4.69) is 19.2 Å². The molecular weight excluding hydrogens is 308 g/mol. The van der Waals surface area contributed by atoms with E-state index in [1.165, 1.54) is 11.8 Å². The van der Waals surface area contributed by atoms with Gasteiger partial charge in [-0.1, -0.05) is 37.6 Å². The number of carbonyl (C=O) groups is 2. The average molecular weight is 327 g/mol. The Bertz CT molecular complexity index is 519. The number of benzene rings is 1. The van der Waals surface area contributed by atoms with Crippen molar-refractivity contribution >= 4 is 35.2 Å². The molecular formula is C15H19ClN2O2S. The maximum atomic E-state index is 12.2. The molecule has 1 aliphatic rings. The third kappa shape index (κ3) is 4.38. The number of carbonyl (C=O) groups excluding carboxylic acids is 2. The lowest BCUT2D eigenvalue weighted by Crippen LogP contribution is -2.40. The molecule has 1 fully saturated rings. The van der Waals surface area contributed by atoms with E-state index in [0.717, 1.165) is 5.56 Å². The lowest BCUT2D eigenvalue weighted by Gasteiger charge is -2.24. The molecule has 0 radical (unpaired) electrons. The minimum Gasteiger partial charge on any atom is -0.347 e. The second kappa shape index (κ2) is 7.18. The summed E-state index contributed by atoms with van der Waals surface area (Å²) in [7, 11) is 0. The first kappa shape index (κ1) is 16.2. The molecule has 1 aromatic carbocycles. The van der Waals surface area contributed by atoms with Crippen molar-refractivity contribution in [3.05, 3.63) is 34.9 Å². The van der Waals surface area contributed by atoms with Crippen molar-refractivity contribution in [2.75, 3.05) is 18.2 Å². The molecule has 0 saturated carbocycles. The van der Waals surface area contributed by atoms with E-state index < -0.39 is 0 Å². The maximum absolute atomic E-state index is 12.2. The average Bonchev–Trinajstić information content (AvgIpc) is 2.82. The van der Waals surface area contributed by atoms with Gasteiger partial charge in [0.15, 0.2) is 0 Å². The number of hydrogen-bond donors (Lipinski definition) is 1. The van der Waals surface area contributed by atoms with Crippen molar-refractivity contribution < 1.29 is 9.59 Å². The number of amides is 2. The zero-order valence-electron chi connectivity index (χ0n) is 12.1. The third-order valence-corrected chi connectivity index (χ3v) is 4.57. The molecule has 1 aliphatic heterocycles. The van der Waals surface area contributed by atoms with Gasteiger partial charge in [0.05, 0.1) is 17.7 Å². The van der Waals surface area contributed by atoms with E-state index >= 15 is 0 Å². The van der Waals surface area contributed by atoms with E-state index in [-0.39, 0.29) is 30.3 Å². The lowest BCUT2D eigenvalue weighted by molar-refractivity contribution is -0.132. The normalized spacial score (nSPS) is 16.4. The minimum absolute atomic E-state index is 0.0303. The zero-order chi connectivity index (χ0) is 15.4. The topological polar surface area (TPSA) is 49.4 Å². The second-order valence-corrected chi connectivity index (χ2v) is 6.80. The number of nitrogens with one attached hydrogen (secondary N) is 1. The molecule has 0 aliphatic carbocycles. The number of thioether (sulfide) groups is 1. The smallest absolute Gasteiger partial charge is 0.240 e. The van der Waals surface area contributed by atoms with Crippen LogP contribution < -0.4 is 5.32 Å². The SMILES string of the molecule is CC(C)[C@@H](NC(=O)CN1CSCC1=O)c1ccc(Cl)cc1. The Kier molecular flexibility index (Phi) is 5.53. The summed E-state index contributed by atoms with van der Waals surface area (Å²) >= 11 is 7.43. The fourth-order valence-electron chi connectivity index (χ4n) is 2.24. The molecule has 0 unspecified atom stereocenters. The maximum Gasteiger partial charge on any atom is 0.240 e. The van der Waals surface area contributed by atoms with E-state index in [9.17, 15) is 9.59 Å². The van der Waals surface area contributed by atoms with Crippen LogP contribution in [-0.2, 0) is 9.59 Å². The highest BCUT2D eigenvalue weighted by atomic mass is 35.5. The number of halogens is 1. The molecule has 1 aromatic rings. The largest absolute Gasteiger partial charge is 0.347 e. The van der Waals surface area contributed by atoms with Crippen LogP contribution in [0.1, 0.15) is 25.5 Å². The third-order valence-electron chi connectivity index (χ3n) is 3.37. The van der Waals surface area contributed by atoms with Gasteiger partial charge in [-0.05, 0) is 23.6 Å². The molecule has 114 valence electrons. The van der Waals surface area contributed by atoms with Crippen molar-refractivity contribution in [3.8, 4) is 0 Å². The number of nitrogens with zero attached hydrogens (tertiary/aromatic N) is 1. The van der Waals surface area contributed by atoms with Gasteiger partial charge in [-0.2, -0.15) is 0 Å². The molecule has 2 rings (SSSR count). The summed E-state index contributed by atoms with van der Waals surface area (Å²) in [5.41, 5.74) is 1.02. The Labute approximate surface area is 134 Å². The molecule has 1 heterocycles. The van der Waals surface area contributed by atoms with E-state index in [4.69, 9.17) is 11.6 Å². The molecule has 0 aromatic heterocycles. The summed E-state index contributed by atoms with van der Waals surface area (Å²) in [5.74, 6) is 1.22. The van der Waals surface area contributed by atoms with Crippen molar-refractivity contribution in [1.82, 2.24) is 10.2 Å². The molecule has 2 amide bonds. The van der Waals surface area contributed by atoms with Crippen molar-refractivity contribution in [3.63, 3.8) is 0 Å². The fraction of sp³-hybridized carbons (Fsp3) is 0.467. The highest BCUT2D eigenvalue weighted by molar-refractivity contribution is 8.00. The Morgan fingerprint density at radius 2 is 2.05 bits per heavy atom. The van der Waals surface area contributed by atoms with Crippen molar-refractivity contribution in [2.45, 2.75) is 19.9 Å². The van der Waals surface area contributed by atoms with Crippen LogP contribution in [0.25, 0.3) is 0 Å². The van der Waals surface area contributed by atoms with Crippen LogP contribution in [0.3, 0.4) is 0 Å². The second-order valence-electron chi connectivity index (χ2n) is 5.41. The summed E-state index contributed by atoms with van der Waals surface area (Å²) in [4.78, 5) is 25.3. The van der Waals surface area contributed by atoms with Gasteiger partial charge in [0.25, 0.3) is 0 Å². The fourth-order valence-corrected chi connectivity index (χ4v) is 3.27. The highest BCUT2D eigenvalue weighted by Crippen LogP contribution is 2.23. The van der Waals surface area contributed by atoms with Crippen LogP contribution in [0.15, 0.2) is 24.3 Å². The first-order chi connectivity index (χ1) is 9.97. The van der Waals surface area contributed by atoms with Gasteiger partial charge in [0.2, 0.25) is 11.8 Å². The monoisotopic (exact) mass is 326 g/mol. The van der Waals surface area contributed by atoms with Crippen LogP contribution in [0.2, 0.25) is 5.02 Å². The Balaban J connectivity index is 2.00. The van der Waals surface area contributed by atoms with Crippen LogP contribution >= 0.6 is 23.4 Å². The quantitative estimate of drug-likeness (QED) is 0.905. The van der Waals surface area contributed by atoms with Gasteiger partial charge >= 0.3 is 0 Å². The standard InChI is InChI=1S/C15H19ClN2O2S/c1-10(2)15(11-3-5-12(16)6-4-11)17-13(19)7-18-9-21-8-14(18)20/h3-6,10,15H,7-9H2,1-2H3,(H,17,19)/t15-/m1/s1. The van der Waals surface area contributed by atoms with Crippen LogP contribution in [-0.4, -0.2) is 34.9 Å². The molecule has 0 bridgehead atoms. The molecule has 4 nitrogen and oxygen atoms in total. The minimum atomic E-state index is -0.125. The Morgan fingerprint density at radius 1 is 1.38 bits per heavy atom. The Morgan fingerprint density at radius 3 is 2.57 bits per heavy atom. The predicted molar refractivity (Wildman–Crippen MR) is 86.2 cm³/mol. The van der Waals surface area contributed by atoms with Crippen LogP contribution in [0, 0.1) is 5.92 Å². The molecule has 1 atom stereocenters. The number of hydrogen-bond acceptors (Lipinski definition) is 3. The lowest BCUT2D eigenvalue weighted by atomic mass is 9.96. The summed E-state index contributed by atoms with van der Waals surface area (Å²) in [5, 5.41) is 3.69. The van der Waals surface area contributed by atoms with Gasteiger partial charge in [0, 0.05) is 5.02 Å². The number of rotatable bonds is 5. The molecule has 1 saturated heterocycles. The molecule has 21 heavy (non-hydrogen) atoms. The summed E-state index contributed by atoms with van der Waals surface area (Å²) in [6.07, 6.45) is 0. The van der Waals surface area contributed by atoms with Crippen molar-refractivity contribution in [2.24, 2.45) is 5.92 Å². The predicted octanol–water partition coefficient (Wildman–Crippen LogP) is 2.69. The van der Waals surface area contributed by atoms with Gasteiger partial charge in [0.1, 0.15) is 6.54 Å². The summed E-state index contributed by atoms with van der Waals surface area (Å²) in [6.45, 7) is 4.23.